The minimum absolute atomic E-state index is 0.0610. The van der Waals surface area contributed by atoms with Gasteiger partial charge in [-0.05, 0) is 39.3 Å². The van der Waals surface area contributed by atoms with Gasteiger partial charge in [0.15, 0.2) is 0 Å². The number of ether oxygens (including phenoxy) is 1. The molecule has 0 radical (unpaired) electrons. The average molecular weight is 252 g/mol. The lowest BCUT2D eigenvalue weighted by molar-refractivity contribution is -0.148. The van der Waals surface area contributed by atoms with Gasteiger partial charge >= 0.3 is 5.97 Å². The normalized spacial score (nSPS) is 13.2. The summed E-state index contributed by atoms with van der Waals surface area (Å²) in [4.78, 5) is 11.0. The molecular formula is C14H20O4. The van der Waals surface area contributed by atoms with Crippen LogP contribution in [0.1, 0.15) is 38.0 Å². The summed E-state index contributed by atoms with van der Waals surface area (Å²) in [5, 5.41) is 18.7. The van der Waals surface area contributed by atoms with Gasteiger partial charge in [-0.3, -0.25) is 4.79 Å². The molecular weight excluding hydrogens is 232 g/mol. The van der Waals surface area contributed by atoms with Crippen LogP contribution in [-0.2, 0) is 4.79 Å². The summed E-state index contributed by atoms with van der Waals surface area (Å²) in [5.74, 6) is -0.368. The summed E-state index contributed by atoms with van der Waals surface area (Å²) in [5.41, 5.74) is 0.712. The molecule has 0 bridgehead atoms. The van der Waals surface area contributed by atoms with Crippen molar-refractivity contribution >= 4 is 5.97 Å². The number of hydrogen-bond donors (Lipinski definition) is 2. The van der Waals surface area contributed by atoms with Crippen molar-refractivity contribution < 1.29 is 19.7 Å². The molecule has 1 atom stereocenters. The summed E-state index contributed by atoms with van der Waals surface area (Å²) < 4.78 is 5.56. The van der Waals surface area contributed by atoms with Gasteiger partial charge in [-0.15, -0.1) is 0 Å². The van der Waals surface area contributed by atoms with Gasteiger partial charge in [-0.2, -0.15) is 0 Å². The van der Waals surface area contributed by atoms with Crippen LogP contribution in [0, 0.1) is 12.3 Å². The number of aryl methyl sites for hydroxylation is 1. The van der Waals surface area contributed by atoms with E-state index in [2.05, 4.69) is 0 Å². The second-order valence-electron chi connectivity index (χ2n) is 5.19. The first-order valence-electron chi connectivity index (χ1n) is 5.89. The van der Waals surface area contributed by atoms with Crippen molar-refractivity contribution in [2.75, 3.05) is 6.61 Å². The minimum atomic E-state index is -0.959. The number of carbonyl (C=O) groups is 1. The highest BCUT2D eigenvalue weighted by Gasteiger charge is 2.28. The van der Waals surface area contributed by atoms with Gasteiger partial charge in [0.25, 0.3) is 0 Å². The van der Waals surface area contributed by atoms with Crippen LogP contribution in [0.3, 0.4) is 0 Å². The Labute approximate surface area is 107 Å². The van der Waals surface area contributed by atoms with Crippen molar-refractivity contribution in [1.29, 1.82) is 0 Å². The fraction of sp³-hybridized carbons (Fsp3) is 0.500. The van der Waals surface area contributed by atoms with Crippen LogP contribution in [0.5, 0.6) is 5.75 Å². The number of carboxylic acids is 1. The average Bonchev–Trinajstić information content (AvgIpc) is 2.26. The Balaban J connectivity index is 2.90. The number of aliphatic hydroxyl groups excluding tert-OH is 1. The zero-order valence-corrected chi connectivity index (χ0v) is 11.2. The molecule has 1 rings (SSSR count). The maximum atomic E-state index is 11.0. The monoisotopic (exact) mass is 252 g/mol. The molecule has 0 unspecified atom stereocenters. The van der Waals surface area contributed by atoms with E-state index in [0.717, 1.165) is 5.56 Å². The molecule has 0 aliphatic heterocycles. The van der Waals surface area contributed by atoms with E-state index in [-0.39, 0.29) is 6.61 Å². The summed E-state index contributed by atoms with van der Waals surface area (Å²) in [6.45, 7) is 6.84. The standard InChI is InChI=1S/C14H20O4/c1-9-5-6-11(10(2)15)12(7-9)18-8-14(3,4)13(16)17/h5-7,10,15H,8H2,1-4H3,(H,16,17)/t10-/m0/s1. The molecule has 1 aromatic carbocycles. The lowest BCUT2D eigenvalue weighted by Gasteiger charge is -2.21. The van der Waals surface area contributed by atoms with Crippen molar-refractivity contribution in [3.05, 3.63) is 29.3 Å². The molecule has 1 aromatic rings. The second kappa shape index (κ2) is 5.40. The SMILES string of the molecule is Cc1ccc([C@H](C)O)c(OCC(C)(C)C(=O)O)c1. The molecule has 4 heteroatoms. The van der Waals surface area contributed by atoms with Crippen LogP contribution in [0.4, 0.5) is 0 Å². The number of aliphatic hydroxyl groups is 1. The topological polar surface area (TPSA) is 66.8 Å². The molecule has 0 spiro atoms. The molecule has 0 saturated carbocycles. The Morgan fingerprint density at radius 2 is 2.06 bits per heavy atom. The number of benzene rings is 1. The fourth-order valence-corrected chi connectivity index (χ4v) is 1.43. The van der Waals surface area contributed by atoms with Crippen molar-refractivity contribution in [2.45, 2.75) is 33.8 Å². The smallest absolute Gasteiger partial charge is 0.312 e. The predicted molar refractivity (Wildman–Crippen MR) is 68.7 cm³/mol. The molecule has 0 aromatic heterocycles. The van der Waals surface area contributed by atoms with Crippen LogP contribution in [0.25, 0.3) is 0 Å². The van der Waals surface area contributed by atoms with Crippen LogP contribution >= 0.6 is 0 Å². The number of hydrogen-bond acceptors (Lipinski definition) is 3. The highest BCUT2D eigenvalue weighted by atomic mass is 16.5. The molecule has 100 valence electrons. The van der Waals surface area contributed by atoms with Gasteiger partial charge in [-0.25, -0.2) is 0 Å². The summed E-state index contributed by atoms with van der Waals surface area (Å²) in [7, 11) is 0. The van der Waals surface area contributed by atoms with E-state index in [9.17, 15) is 9.90 Å². The van der Waals surface area contributed by atoms with E-state index in [1.807, 2.05) is 13.0 Å². The van der Waals surface area contributed by atoms with Crippen LogP contribution in [0.2, 0.25) is 0 Å². The molecule has 0 aliphatic carbocycles. The van der Waals surface area contributed by atoms with Gasteiger partial charge in [0.1, 0.15) is 12.4 Å². The third-order valence-electron chi connectivity index (χ3n) is 2.79. The van der Waals surface area contributed by atoms with Crippen molar-refractivity contribution in [3.8, 4) is 5.75 Å². The summed E-state index contributed by atoms with van der Waals surface area (Å²) in [6.07, 6.45) is -0.645. The zero-order valence-electron chi connectivity index (χ0n) is 11.2. The fourth-order valence-electron chi connectivity index (χ4n) is 1.43. The lowest BCUT2D eigenvalue weighted by Crippen LogP contribution is -2.30. The van der Waals surface area contributed by atoms with Gasteiger partial charge in [0, 0.05) is 5.56 Å². The van der Waals surface area contributed by atoms with Crippen LogP contribution < -0.4 is 4.74 Å². The number of carboxylic acid groups (broad SMARTS) is 1. The Kier molecular flexibility index (Phi) is 4.35. The third-order valence-corrected chi connectivity index (χ3v) is 2.79. The van der Waals surface area contributed by atoms with Crippen molar-refractivity contribution in [2.24, 2.45) is 5.41 Å². The van der Waals surface area contributed by atoms with E-state index < -0.39 is 17.5 Å². The Bertz CT molecular complexity index is 435. The molecule has 0 amide bonds. The van der Waals surface area contributed by atoms with Gasteiger partial charge in [-0.1, -0.05) is 12.1 Å². The van der Waals surface area contributed by atoms with E-state index in [4.69, 9.17) is 9.84 Å². The maximum absolute atomic E-state index is 11.0. The second-order valence-corrected chi connectivity index (χ2v) is 5.19. The Morgan fingerprint density at radius 1 is 1.44 bits per heavy atom. The molecule has 18 heavy (non-hydrogen) atoms. The molecule has 4 nitrogen and oxygen atoms in total. The molecule has 2 N–H and O–H groups in total. The van der Waals surface area contributed by atoms with E-state index in [0.29, 0.717) is 11.3 Å². The Morgan fingerprint density at radius 3 is 2.56 bits per heavy atom. The van der Waals surface area contributed by atoms with Crippen LogP contribution in [0.15, 0.2) is 18.2 Å². The first-order valence-corrected chi connectivity index (χ1v) is 5.89. The predicted octanol–water partition coefficient (Wildman–Crippen LogP) is 2.54. The van der Waals surface area contributed by atoms with Gasteiger partial charge < -0.3 is 14.9 Å². The highest BCUT2D eigenvalue weighted by molar-refractivity contribution is 5.73. The van der Waals surface area contributed by atoms with E-state index >= 15 is 0 Å². The number of rotatable bonds is 5. The van der Waals surface area contributed by atoms with E-state index in [1.54, 1.807) is 32.9 Å². The third kappa shape index (κ3) is 3.47. The van der Waals surface area contributed by atoms with Crippen molar-refractivity contribution in [1.82, 2.24) is 0 Å². The van der Waals surface area contributed by atoms with Gasteiger partial charge in [0.2, 0.25) is 0 Å². The zero-order chi connectivity index (χ0) is 13.9. The maximum Gasteiger partial charge on any atom is 0.312 e. The molecule has 0 saturated heterocycles. The Hall–Kier alpha value is -1.55. The highest BCUT2D eigenvalue weighted by Crippen LogP contribution is 2.28. The summed E-state index contributed by atoms with van der Waals surface area (Å²) >= 11 is 0. The first-order chi connectivity index (χ1) is 8.24. The minimum Gasteiger partial charge on any atom is -0.492 e. The summed E-state index contributed by atoms with van der Waals surface area (Å²) in [6, 6.07) is 5.49. The van der Waals surface area contributed by atoms with Crippen molar-refractivity contribution in [3.63, 3.8) is 0 Å². The molecule has 0 fully saturated rings. The molecule has 0 heterocycles. The quantitative estimate of drug-likeness (QED) is 0.845. The van der Waals surface area contributed by atoms with Gasteiger partial charge in [0.05, 0.1) is 11.5 Å². The molecule has 0 aliphatic rings. The van der Waals surface area contributed by atoms with E-state index in [1.165, 1.54) is 0 Å². The first kappa shape index (κ1) is 14.5. The lowest BCUT2D eigenvalue weighted by atomic mass is 9.95. The van der Waals surface area contributed by atoms with Crippen LogP contribution in [-0.4, -0.2) is 22.8 Å². The number of aliphatic carboxylic acids is 1. The largest absolute Gasteiger partial charge is 0.492 e.